The maximum Gasteiger partial charge on any atom is 0.310 e. The molecule has 10 nitrogen and oxygen atoms in total. The summed E-state index contributed by atoms with van der Waals surface area (Å²) in [5.41, 5.74) is 0. The minimum atomic E-state index is -1.79. The van der Waals surface area contributed by atoms with Crippen molar-refractivity contribution in [1.82, 2.24) is 0 Å². The summed E-state index contributed by atoms with van der Waals surface area (Å²) in [5.74, 6) is -0.450. The second-order valence-corrected chi connectivity index (χ2v) is 6.29. The van der Waals surface area contributed by atoms with E-state index in [1.54, 1.807) is 0 Å². The summed E-state index contributed by atoms with van der Waals surface area (Å²) in [7, 11) is 0. The van der Waals surface area contributed by atoms with Crippen LogP contribution in [0, 0.1) is 0 Å². The highest BCUT2D eigenvalue weighted by Gasteiger charge is 2.29. The van der Waals surface area contributed by atoms with Gasteiger partial charge in [0.05, 0.1) is 19.1 Å². The maximum atomic E-state index is 11.0. The van der Waals surface area contributed by atoms with Crippen molar-refractivity contribution >= 4 is 18.2 Å². The van der Waals surface area contributed by atoms with E-state index >= 15 is 0 Å². The average molecular weight is 434 g/mol. The first kappa shape index (κ1) is 30.1. The first-order valence-corrected chi connectivity index (χ1v) is 9.64. The van der Waals surface area contributed by atoms with Crippen molar-refractivity contribution in [3.05, 3.63) is 25.7 Å². The molecular formula is C20H34O10. The third-order valence-corrected chi connectivity index (χ3v) is 3.86. The van der Waals surface area contributed by atoms with Gasteiger partial charge in [-0.3, -0.25) is 9.59 Å². The van der Waals surface area contributed by atoms with E-state index in [0.717, 1.165) is 51.0 Å². The average Bonchev–Trinajstić information content (AvgIpc) is 2.74. The van der Waals surface area contributed by atoms with Gasteiger partial charge >= 0.3 is 11.9 Å². The summed E-state index contributed by atoms with van der Waals surface area (Å²) in [5, 5.41) is 43.5. The fraction of sp³-hybridized carbons (Fsp3) is 0.650. The number of carbonyl (C=O) groups is 3. The molecule has 0 saturated carbocycles. The zero-order valence-electron chi connectivity index (χ0n) is 17.1. The van der Waals surface area contributed by atoms with Crippen molar-refractivity contribution in [3.8, 4) is 0 Å². The molecule has 0 aliphatic heterocycles. The number of unbranched alkanes of at least 4 members (excludes halogenated alkanes) is 5. The van der Waals surface area contributed by atoms with Crippen molar-refractivity contribution in [2.75, 3.05) is 6.61 Å². The number of aliphatic hydroxyl groups excluding tert-OH is 5. The van der Waals surface area contributed by atoms with Crippen LogP contribution in [0.2, 0.25) is 0 Å². The topological polar surface area (TPSA) is 171 Å². The zero-order valence-corrected chi connectivity index (χ0v) is 17.1. The van der Waals surface area contributed by atoms with Crippen molar-refractivity contribution in [2.45, 2.75) is 75.8 Å². The lowest BCUT2D eigenvalue weighted by Crippen LogP contribution is -2.46. The molecule has 0 aromatic carbocycles. The highest BCUT2D eigenvalue weighted by molar-refractivity contribution is 5.70. The summed E-state index contributed by atoms with van der Waals surface area (Å²) >= 11 is 0. The van der Waals surface area contributed by atoms with E-state index in [1.165, 1.54) is 0 Å². The van der Waals surface area contributed by atoms with Gasteiger partial charge in [-0.25, -0.2) is 0 Å². The molecule has 0 amide bonds. The lowest BCUT2D eigenvalue weighted by molar-refractivity contribution is -0.139. The molecular weight excluding hydrogens is 400 g/mol. The van der Waals surface area contributed by atoms with Crippen LogP contribution in [0.1, 0.15) is 51.4 Å². The van der Waals surface area contributed by atoms with Crippen LogP contribution >= 0.6 is 0 Å². The van der Waals surface area contributed by atoms with Gasteiger partial charge in [0.25, 0.3) is 0 Å². The fourth-order valence-corrected chi connectivity index (χ4v) is 2.17. The molecule has 0 unspecified atom stereocenters. The summed E-state index contributed by atoms with van der Waals surface area (Å²) in [6.45, 7) is 5.88. The van der Waals surface area contributed by atoms with Gasteiger partial charge in [0, 0.05) is 12.8 Å². The molecule has 0 bridgehead atoms. The van der Waals surface area contributed by atoms with Crippen molar-refractivity contribution in [1.29, 1.82) is 0 Å². The van der Waals surface area contributed by atoms with E-state index < -0.39 is 31.0 Å². The van der Waals surface area contributed by atoms with Gasteiger partial charge in [0.15, 0.2) is 6.29 Å². The predicted molar refractivity (Wildman–Crippen MR) is 107 cm³/mol. The SMILES string of the molecule is C=COC(=O)CCCCCCCCC(=O)OC=C.O=C[C@H](O)[C@@H](O)[C@H](O)[C@H](O)CO. The van der Waals surface area contributed by atoms with Crippen molar-refractivity contribution in [2.24, 2.45) is 0 Å². The summed E-state index contributed by atoms with van der Waals surface area (Å²) in [6.07, 6.45) is 2.18. The van der Waals surface area contributed by atoms with Crippen LogP contribution in [0.25, 0.3) is 0 Å². The van der Waals surface area contributed by atoms with Gasteiger partial charge in [0.1, 0.15) is 24.4 Å². The Kier molecular flexibility index (Phi) is 20.2. The van der Waals surface area contributed by atoms with Crippen LogP contribution in [-0.4, -0.2) is 74.8 Å². The molecule has 174 valence electrons. The van der Waals surface area contributed by atoms with E-state index in [-0.39, 0.29) is 18.2 Å². The summed E-state index contributed by atoms with van der Waals surface area (Å²) in [6, 6.07) is 0. The monoisotopic (exact) mass is 434 g/mol. The molecule has 10 heteroatoms. The lowest BCUT2D eigenvalue weighted by Gasteiger charge is -2.22. The number of carbonyl (C=O) groups excluding carboxylic acids is 3. The third kappa shape index (κ3) is 16.8. The van der Waals surface area contributed by atoms with Crippen LogP contribution in [0.4, 0.5) is 0 Å². The fourth-order valence-electron chi connectivity index (χ4n) is 2.17. The Hall–Kier alpha value is -2.11. The Labute approximate surface area is 176 Å². The van der Waals surface area contributed by atoms with Gasteiger partial charge in [0.2, 0.25) is 0 Å². The quantitative estimate of drug-likeness (QED) is 0.0971. The maximum absolute atomic E-state index is 11.0. The van der Waals surface area contributed by atoms with Crippen LogP contribution in [0.15, 0.2) is 25.7 Å². The molecule has 0 aromatic rings. The molecule has 5 N–H and O–H groups in total. The molecule has 0 saturated heterocycles. The van der Waals surface area contributed by atoms with E-state index in [9.17, 15) is 14.4 Å². The lowest BCUT2D eigenvalue weighted by atomic mass is 10.0. The van der Waals surface area contributed by atoms with Crippen molar-refractivity contribution < 1.29 is 49.4 Å². The van der Waals surface area contributed by atoms with E-state index in [2.05, 4.69) is 22.6 Å². The van der Waals surface area contributed by atoms with E-state index in [4.69, 9.17) is 25.5 Å². The number of ether oxygens (including phenoxy) is 2. The summed E-state index contributed by atoms with van der Waals surface area (Å²) < 4.78 is 9.20. The molecule has 0 heterocycles. The van der Waals surface area contributed by atoms with Gasteiger partial charge in [-0.15, -0.1) is 0 Å². The van der Waals surface area contributed by atoms with Gasteiger partial charge < -0.3 is 39.8 Å². The van der Waals surface area contributed by atoms with Crippen LogP contribution in [-0.2, 0) is 23.9 Å². The van der Waals surface area contributed by atoms with Crippen molar-refractivity contribution in [3.63, 3.8) is 0 Å². The molecule has 30 heavy (non-hydrogen) atoms. The Bertz CT molecular complexity index is 466. The molecule has 0 aliphatic carbocycles. The second kappa shape index (κ2) is 20.2. The molecule has 0 spiro atoms. The zero-order chi connectivity index (χ0) is 23.4. The number of aliphatic hydroxyl groups is 5. The Morgan fingerprint density at radius 1 is 0.767 bits per heavy atom. The normalized spacial score (nSPS) is 14.2. The first-order valence-electron chi connectivity index (χ1n) is 9.64. The van der Waals surface area contributed by atoms with Crippen LogP contribution < -0.4 is 0 Å². The molecule has 0 radical (unpaired) electrons. The molecule has 0 aromatic heterocycles. The standard InChI is InChI=1S/C14H22O4.C6H12O6/c1-3-17-13(15)11-9-7-5-6-8-10-12-14(16)18-4-2;7-1-3(9)5(11)6(12)4(10)2-8/h3-4H,1-2,5-12H2;1,3-6,8-12H,2H2/t;3-,4+,5+,6+/m.0/s1. The van der Waals surface area contributed by atoms with E-state index in [0.29, 0.717) is 12.8 Å². The molecule has 4 atom stereocenters. The second-order valence-electron chi connectivity index (χ2n) is 6.29. The number of esters is 2. The highest BCUT2D eigenvalue weighted by Crippen LogP contribution is 2.09. The largest absolute Gasteiger partial charge is 0.435 e. The number of hydrogen-bond acceptors (Lipinski definition) is 10. The Balaban J connectivity index is 0. The number of rotatable bonds is 16. The summed E-state index contributed by atoms with van der Waals surface area (Å²) in [4.78, 5) is 31.8. The molecule has 0 aliphatic rings. The minimum absolute atomic E-state index is 0.0258. The predicted octanol–water partition coefficient (Wildman–Crippen LogP) is 0.102. The van der Waals surface area contributed by atoms with Gasteiger partial charge in [-0.1, -0.05) is 38.8 Å². The molecule has 0 rings (SSSR count). The van der Waals surface area contributed by atoms with Crippen LogP contribution in [0.5, 0.6) is 0 Å². The number of hydrogen-bond donors (Lipinski definition) is 5. The Morgan fingerprint density at radius 3 is 1.50 bits per heavy atom. The van der Waals surface area contributed by atoms with Crippen LogP contribution in [0.3, 0.4) is 0 Å². The first-order chi connectivity index (χ1) is 14.2. The Morgan fingerprint density at radius 2 is 1.17 bits per heavy atom. The van der Waals surface area contributed by atoms with E-state index in [1.807, 2.05) is 0 Å². The third-order valence-electron chi connectivity index (χ3n) is 3.86. The smallest absolute Gasteiger partial charge is 0.310 e. The van der Waals surface area contributed by atoms with Gasteiger partial charge in [-0.2, -0.15) is 0 Å². The minimum Gasteiger partial charge on any atom is -0.435 e. The highest BCUT2D eigenvalue weighted by atomic mass is 16.5. The number of aldehydes is 1. The molecule has 0 fully saturated rings. The van der Waals surface area contributed by atoms with Gasteiger partial charge in [-0.05, 0) is 12.8 Å².